The predicted molar refractivity (Wildman–Crippen MR) is 83.1 cm³/mol. The third kappa shape index (κ3) is 3.96. The number of rotatable bonds is 6. The van der Waals surface area contributed by atoms with Crippen LogP contribution in [0.25, 0.3) is 0 Å². The molecule has 20 heavy (non-hydrogen) atoms. The van der Waals surface area contributed by atoms with Gasteiger partial charge >= 0.3 is 0 Å². The van der Waals surface area contributed by atoms with E-state index in [0.717, 1.165) is 29.8 Å². The zero-order valence-corrected chi connectivity index (χ0v) is 13.3. The molecule has 2 aliphatic rings. The highest BCUT2D eigenvalue weighted by Crippen LogP contribution is 2.30. The SMILES string of the molecule is Brc1cccc(CNC2CC2)c1OCC1CCCCO1. The molecule has 3 nitrogen and oxygen atoms in total. The van der Waals surface area contributed by atoms with E-state index in [1.165, 1.54) is 31.2 Å². The third-order valence-electron chi connectivity index (χ3n) is 3.89. The molecule has 110 valence electrons. The third-order valence-corrected chi connectivity index (χ3v) is 4.52. The first-order chi connectivity index (χ1) is 9.83. The molecule has 0 bridgehead atoms. The zero-order valence-electron chi connectivity index (χ0n) is 11.7. The highest BCUT2D eigenvalue weighted by molar-refractivity contribution is 9.10. The Balaban J connectivity index is 1.60. The molecular formula is C16H22BrNO2. The molecule has 1 heterocycles. The van der Waals surface area contributed by atoms with Gasteiger partial charge in [0.15, 0.2) is 0 Å². The number of hydrogen-bond donors (Lipinski definition) is 1. The van der Waals surface area contributed by atoms with E-state index in [-0.39, 0.29) is 6.10 Å². The van der Waals surface area contributed by atoms with Gasteiger partial charge in [-0.2, -0.15) is 0 Å². The van der Waals surface area contributed by atoms with E-state index in [1.54, 1.807) is 0 Å². The normalized spacial score (nSPS) is 22.8. The molecule has 1 saturated carbocycles. The molecule has 3 rings (SSSR count). The fourth-order valence-electron chi connectivity index (χ4n) is 2.51. The van der Waals surface area contributed by atoms with E-state index in [4.69, 9.17) is 9.47 Å². The number of benzene rings is 1. The van der Waals surface area contributed by atoms with Gasteiger partial charge in [0, 0.05) is 24.8 Å². The van der Waals surface area contributed by atoms with Crippen molar-refractivity contribution in [1.29, 1.82) is 0 Å². The summed E-state index contributed by atoms with van der Waals surface area (Å²) in [6.45, 7) is 2.41. The fourth-order valence-corrected chi connectivity index (χ4v) is 3.03. The molecule has 0 amide bonds. The van der Waals surface area contributed by atoms with Gasteiger partial charge in [-0.25, -0.2) is 0 Å². The summed E-state index contributed by atoms with van der Waals surface area (Å²) in [5.41, 5.74) is 1.22. The van der Waals surface area contributed by atoms with Crippen LogP contribution < -0.4 is 10.1 Å². The summed E-state index contributed by atoms with van der Waals surface area (Å²) in [7, 11) is 0. The smallest absolute Gasteiger partial charge is 0.138 e. The molecule has 1 N–H and O–H groups in total. The monoisotopic (exact) mass is 339 g/mol. The average molecular weight is 340 g/mol. The van der Waals surface area contributed by atoms with E-state index in [9.17, 15) is 0 Å². The maximum atomic E-state index is 6.05. The van der Waals surface area contributed by atoms with Crippen molar-refractivity contribution >= 4 is 15.9 Å². The topological polar surface area (TPSA) is 30.5 Å². The van der Waals surface area contributed by atoms with Crippen LogP contribution in [-0.2, 0) is 11.3 Å². The Kier molecular flexibility index (Phi) is 4.97. The molecule has 1 aliphatic carbocycles. The number of para-hydroxylation sites is 1. The van der Waals surface area contributed by atoms with Crippen molar-refractivity contribution < 1.29 is 9.47 Å². The first kappa shape index (κ1) is 14.4. The summed E-state index contributed by atoms with van der Waals surface area (Å²) < 4.78 is 12.8. The number of halogens is 1. The van der Waals surface area contributed by atoms with Crippen LogP contribution in [0.5, 0.6) is 5.75 Å². The van der Waals surface area contributed by atoms with Gasteiger partial charge < -0.3 is 14.8 Å². The maximum Gasteiger partial charge on any atom is 0.138 e. The van der Waals surface area contributed by atoms with E-state index in [0.29, 0.717) is 12.6 Å². The van der Waals surface area contributed by atoms with Crippen LogP contribution in [0.4, 0.5) is 0 Å². The van der Waals surface area contributed by atoms with Gasteiger partial charge in [0.05, 0.1) is 10.6 Å². The minimum Gasteiger partial charge on any atom is -0.489 e. The highest BCUT2D eigenvalue weighted by Gasteiger charge is 2.21. The van der Waals surface area contributed by atoms with Crippen LogP contribution >= 0.6 is 15.9 Å². The molecule has 4 heteroatoms. The van der Waals surface area contributed by atoms with Crippen LogP contribution in [0, 0.1) is 0 Å². The van der Waals surface area contributed by atoms with Crippen molar-refractivity contribution in [1.82, 2.24) is 5.32 Å². The first-order valence-electron chi connectivity index (χ1n) is 7.58. The molecule has 1 atom stereocenters. The Labute approximate surface area is 129 Å². The largest absolute Gasteiger partial charge is 0.489 e. The van der Waals surface area contributed by atoms with E-state index >= 15 is 0 Å². The lowest BCUT2D eigenvalue weighted by Crippen LogP contribution is -2.26. The van der Waals surface area contributed by atoms with Gasteiger partial charge in [-0.1, -0.05) is 12.1 Å². The van der Waals surface area contributed by atoms with Gasteiger partial charge in [0.2, 0.25) is 0 Å². The molecule has 2 fully saturated rings. The second kappa shape index (κ2) is 6.92. The maximum absolute atomic E-state index is 6.05. The molecule has 0 aromatic heterocycles. The van der Waals surface area contributed by atoms with Crippen molar-refractivity contribution in [3.05, 3.63) is 28.2 Å². The Morgan fingerprint density at radius 1 is 1.25 bits per heavy atom. The fraction of sp³-hybridized carbons (Fsp3) is 0.625. The Morgan fingerprint density at radius 3 is 2.90 bits per heavy atom. The standard InChI is InChI=1S/C16H22BrNO2/c17-15-6-3-4-12(10-18-13-7-8-13)16(15)20-11-14-5-1-2-9-19-14/h3-4,6,13-14,18H,1-2,5,7-11H2. The first-order valence-corrected chi connectivity index (χ1v) is 8.37. The predicted octanol–water partition coefficient (Wildman–Crippen LogP) is 3.65. The van der Waals surface area contributed by atoms with Crippen molar-refractivity contribution in [2.45, 2.75) is 50.8 Å². The van der Waals surface area contributed by atoms with Crippen LogP contribution in [0.15, 0.2) is 22.7 Å². The van der Waals surface area contributed by atoms with Crippen LogP contribution in [0.3, 0.4) is 0 Å². The summed E-state index contributed by atoms with van der Waals surface area (Å²) in [5.74, 6) is 0.967. The van der Waals surface area contributed by atoms with Crippen LogP contribution in [0.1, 0.15) is 37.7 Å². The van der Waals surface area contributed by atoms with Crippen LogP contribution in [0.2, 0.25) is 0 Å². The molecule has 0 spiro atoms. The molecule has 1 aromatic rings. The molecule has 1 unspecified atom stereocenters. The van der Waals surface area contributed by atoms with E-state index in [2.05, 4.69) is 33.4 Å². The van der Waals surface area contributed by atoms with Crippen LogP contribution in [-0.4, -0.2) is 25.4 Å². The second-order valence-electron chi connectivity index (χ2n) is 5.68. The Hall–Kier alpha value is -0.580. The van der Waals surface area contributed by atoms with Gasteiger partial charge in [-0.3, -0.25) is 0 Å². The summed E-state index contributed by atoms with van der Waals surface area (Å²) >= 11 is 3.60. The molecule has 1 aromatic carbocycles. The van der Waals surface area contributed by atoms with Crippen molar-refractivity contribution in [2.75, 3.05) is 13.2 Å². The summed E-state index contributed by atoms with van der Waals surface area (Å²) in [6, 6.07) is 6.95. The molecule has 1 aliphatic heterocycles. The average Bonchev–Trinajstić information content (AvgIpc) is 3.29. The lowest BCUT2D eigenvalue weighted by atomic mass is 10.1. The lowest BCUT2D eigenvalue weighted by Gasteiger charge is -2.23. The highest BCUT2D eigenvalue weighted by atomic mass is 79.9. The second-order valence-corrected chi connectivity index (χ2v) is 6.54. The molecule has 1 saturated heterocycles. The van der Waals surface area contributed by atoms with E-state index in [1.807, 2.05) is 6.07 Å². The van der Waals surface area contributed by atoms with Gasteiger partial charge in [0.25, 0.3) is 0 Å². The number of hydrogen-bond acceptors (Lipinski definition) is 3. The molecule has 0 radical (unpaired) electrons. The minimum absolute atomic E-state index is 0.250. The summed E-state index contributed by atoms with van der Waals surface area (Å²) in [5, 5.41) is 3.55. The number of nitrogens with one attached hydrogen (secondary N) is 1. The Morgan fingerprint density at radius 2 is 2.15 bits per heavy atom. The van der Waals surface area contributed by atoms with Gasteiger partial charge in [-0.15, -0.1) is 0 Å². The van der Waals surface area contributed by atoms with Gasteiger partial charge in [-0.05, 0) is 54.1 Å². The quantitative estimate of drug-likeness (QED) is 0.858. The van der Waals surface area contributed by atoms with Crippen molar-refractivity contribution in [3.63, 3.8) is 0 Å². The summed E-state index contributed by atoms with van der Waals surface area (Å²) in [4.78, 5) is 0. The van der Waals surface area contributed by atoms with Crippen molar-refractivity contribution in [3.8, 4) is 5.75 Å². The Bertz CT molecular complexity index is 442. The number of ether oxygens (including phenoxy) is 2. The van der Waals surface area contributed by atoms with Gasteiger partial charge in [0.1, 0.15) is 12.4 Å². The zero-order chi connectivity index (χ0) is 13.8. The van der Waals surface area contributed by atoms with E-state index < -0.39 is 0 Å². The molecular weight excluding hydrogens is 318 g/mol. The minimum atomic E-state index is 0.250. The lowest BCUT2D eigenvalue weighted by molar-refractivity contribution is -0.0114. The van der Waals surface area contributed by atoms with Crippen molar-refractivity contribution in [2.24, 2.45) is 0 Å². The summed E-state index contributed by atoms with van der Waals surface area (Å²) in [6.07, 6.45) is 6.41.